The van der Waals surface area contributed by atoms with Crippen molar-refractivity contribution in [1.82, 2.24) is 0 Å². The van der Waals surface area contributed by atoms with Crippen molar-refractivity contribution in [3.63, 3.8) is 0 Å². The van der Waals surface area contributed by atoms with E-state index in [0.717, 1.165) is 29.2 Å². The lowest BCUT2D eigenvalue weighted by molar-refractivity contribution is 0.0697. The van der Waals surface area contributed by atoms with Crippen LogP contribution < -0.4 is 10.1 Å². The normalized spacial score (nSPS) is 10.3. The molecule has 0 aliphatic heterocycles. The van der Waals surface area contributed by atoms with Gasteiger partial charge in [-0.15, -0.1) is 0 Å². The van der Waals surface area contributed by atoms with Gasteiger partial charge in [0.15, 0.2) is 0 Å². The van der Waals surface area contributed by atoms with Gasteiger partial charge in [-0.05, 0) is 55.3 Å². The molecule has 2 aromatic carbocycles. The van der Waals surface area contributed by atoms with Crippen LogP contribution in [-0.4, -0.2) is 24.2 Å². The minimum absolute atomic E-state index is 0.255. The van der Waals surface area contributed by atoms with Gasteiger partial charge in [-0.25, -0.2) is 4.79 Å². The van der Waals surface area contributed by atoms with Crippen molar-refractivity contribution in [3.8, 4) is 5.75 Å². The maximum Gasteiger partial charge on any atom is 0.335 e. The molecule has 0 saturated carbocycles. The van der Waals surface area contributed by atoms with Crippen molar-refractivity contribution < 1.29 is 14.6 Å². The first-order valence-electron chi connectivity index (χ1n) is 7.02. The molecule has 2 rings (SSSR count). The van der Waals surface area contributed by atoms with Crippen LogP contribution in [0, 0.1) is 6.92 Å². The third-order valence-electron chi connectivity index (χ3n) is 3.19. The molecule has 0 spiro atoms. The molecule has 0 aliphatic rings. The van der Waals surface area contributed by atoms with Crippen LogP contribution in [-0.2, 0) is 0 Å². The highest BCUT2D eigenvalue weighted by molar-refractivity contribution is 6.31. The fraction of sp³-hybridized carbons (Fsp3) is 0.235. The zero-order chi connectivity index (χ0) is 15.9. The summed E-state index contributed by atoms with van der Waals surface area (Å²) < 4.78 is 5.56. The van der Waals surface area contributed by atoms with Crippen LogP contribution >= 0.6 is 11.6 Å². The Balaban J connectivity index is 1.70. The molecule has 4 nitrogen and oxygen atoms in total. The second-order valence-corrected chi connectivity index (χ2v) is 5.33. The number of benzene rings is 2. The summed E-state index contributed by atoms with van der Waals surface area (Å²) in [7, 11) is 0. The third kappa shape index (κ3) is 4.67. The third-order valence-corrected chi connectivity index (χ3v) is 3.60. The fourth-order valence-electron chi connectivity index (χ4n) is 1.89. The smallest absolute Gasteiger partial charge is 0.335 e. The van der Waals surface area contributed by atoms with E-state index in [-0.39, 0.29) is 5.56 Å². The van der Waals surface area contributed by atoms with Crippen LogP contribution in [0.1, 0.15) is 22.3 Å². The molecule has 0 radical (unpaired) electrons. The number of carboxylic acids is 1. The Bertz CT molecular complexity index is 641. The summed E-state index contributed by atoms with van der Waals surface area (Å²) in [6, 6.07) is 12.3. The van der Waals surface area contributed by atoms with Gasteiger partial charge in [0.25, 0.3) is 0 Å². The summed E-state index contributed by atoms with van der Waals surface area (Å²) >= 11 is 6.06. The number of hydrogen-bond donors (Lipinski definition) is 2. The van der Waals surface area contributed by atoms with Gasteiger partial charge in [-0.1, -0.05) is 17.7 Å². The maximum atomic E-state index is 10.7. The summed E-state index contributed by atoms with van der Waals surface area (Å²) in [5.74, 6) is -0.268. The summed E-state index contributed by atoms with van der Waals surface area (Å²) in [6.07, 6.45) is 0.826. The molecule has 0 bridgehead atoms. The molecular weight excluding hydrogens is 302 g/mol. The molecule has 2 N–H and O–H groups in total. The summed E-state index contributed by atoms with van der Waals surface area (Å²) in [5.41, 5.74) is 2.30. The lowest BCUT2D eigenvalue weighted by Crippen LogP contribution is -2.07. The number of carboxylic acid groups (broad SMARTS) is 1. The van der Waals surface area contributed by atoms with Crippen molar-refractivity contribution >= 4 is 23.3 Å². The highest BCUT2D eigenvalue weighted by atomic mass is 35.5. The average molecular weight is 320 g/mol. The molecule has 0 aromatic heterocycles. The first-order chi connectivity index (χ1) is 10.6. The molecule has 0 amide bonds. The zero-order valence-electron chi connectivity index (χ0n) is 12.3. The Labute approximate surface area is 134 Å². The van der Waals surface area contributed by atoms with Crippen molar-refractivity contribution in [1.29, 1.82) is 0 Å². The van der Waals surface area contributed by atoms with Gasteiger partial charge in [-0.3, -0.25) is 0 Å². The van der Waals surface area contributed by atoms with E-state index in [2.05, 4.69) is 5.32 Å². The Morgan fingerprint density at radius 2 is 1.95 bits per heavy atom. The number of halogens is 1. The van der Waals surface area contributed by atoms with Crippen LogP contribution in [0.25, 0.3) is 0 Å². The molecule has 0 fully saturated rings. The monoisotopic (exact) mass is 319 g/mol. The molecule has 0 atom stereocenters. The summed E-state index contributed by atoms with van der Waals surface area (Å²) in [4.78, 5) is 10.7. The van der Waals surface area contributed by atoms with Gasteiger partial charge >= 0.3 is 5.97 Å². The number of anilines is 1. The first kappa shape index (κ1) is 16.2. The minimum atomic E-state index is -0.937. The highest BCUT2D eigenvalue weighted by Gasteiger charge is 2.02. The van der Waals surface area contributed by atoms with Gasteiger partial charge < -0.3 is 15.2 Å². The van der Waals surface area contributed by atoms with E-state index in [9.17, 15) is 4.79 Å². The lowest BCUT2D eigenvalue weighted by Gasteiger charge is -2.09. The second-order valence-electron chi connectivity index (χ2n) is 4.92. The molecular formula is C17H18ClNO3. The highest BCUT2D eigenvalue weighted by Crippen LogP contribution is 2.19. The van der Waals surface area contributed by atoms with E-state index in [1.807, 2.05) is 25.1 Å². The first-order valence-corrected chi connectivity index (χ1v) is 7.40. The number of nitrogens with one attached hydrogen (secondary N) is 1. The quantitative estimate of drug-likeness (QED) is 0.750. The number of ether oxygens (including phenoxy) is 1. The number of aromatic carboxylic acids is 1. The molecule has 5 heteroatoms. The van der Waals surface area contributed by atoms with Crippen molar-refractivity contribution in [2.45, 2.75) is 13.3 Å². The van der Waals surface area contributed by atoms with Crippen LogP contribution in [0.3, 0.4) is 0 Å². The largest absolute Gasteiger partial charge is 0.494 e. The van der Waals surface area contributed by atoms with Crippen molar-refractivity contribution in [3.05, 3.63) is 58.6 Å². The van der Waals surface area contributed by atoms with E-state index in [4.69, 9.17) is 21.4 Å². The molecule has 0 unspecified atom stereocenters. The van der Waals surface area contributed by atoms with Crippen LogP contribution in [0.2, 0.25) is 5.02 Å². The number of rotatable bonds is 7. The van der Waals surface area contributed by atoms with Crippen LogP contribution in [0.4, 0.5) is 5.69 Å². The zero-order valence-corrected chi connectivity index (χ0v) is 13.1. The molecule has 116 valence electrons. The van der Waals surface area contributed by atoms with Gasteiger partial charge in [0.05, 0.1) is 12.2 Å². The van der Waals surface area contributed by atoms with E-state index < -0.39 is 5.97 Å². The number of hydrogen-bond acceptors (Lipinski definition) is 3. The molecule has 2 aromatic rings. The van der Waals surface area contributed by atoms with Gasteiger partial charge in [0, 0.05) is 17.3 Å². The van der Waals surface area contributed by atoms with E-state index in [0.29, 0.717) is 12.4 Å². The van der Waals surface area contributed by atoms with Gasteiger partial charge in [0.1, 0.15) is 5.75 Å². The predicted octanol–water partition coefficient (Wildman–Crippen LogP) is 4.23. The Morgan fingerprint density at radius 1 is 1.23 bits per heavy atom. The lowest BCUT2D eigenvalue weighted by atomic mass is 10.2. The average Bonchev–Trinajstić information content (AvgIpc) is 2.51. The van der Waals surface area contributed by atoms with Crippen molar-refractivity contribution in [2.75, 3.05) is 18.5 Å². The predicted molar refractivity (Wildman–Crippen MR) is 88.2 cm³/mol. The molecule has 0 aliphatic carbocycles. The Hall–Kier alpha value is -2.20. The Morgan fingerprint density at radius 3 is 2.59 bits per heavy atom. The fourth-order valence-corrected chi connectivity index (χ4v) is 2.07. The molecule has 0 saturated heterocycles. The molecule has 0 heterocycles. The van der Waals surface area contributed by atoms with E-state index >= 15 is 0 Å². The van der Waals surface area contributed by atoms with Gasteiger partial charge in [-0.2, -0.15) is 0 Å². The minimum Gasteiger partial charge on any atom is -0.494 e. The number of carbonyl (C=O) groups is 1. The maximum absolute atomic E-state index is 10.7. The topological polar surface area (TPSA) is 58.6 Å². The SMILES string of the molecule is Cc1ccc(NCCCOc2ccc(C(=O)O)cc2)cc1Cl. The van der Waals surface area contributed by atoms with E-state index in [1.54, 1.807) is 12.1 Å². The summed E-state index contributed by atoms with van der Waals surface area (Å²) in [5, 5.41) is 12.8. The van der Waals surface area contributed by atoms with Crippen LogP contribution in [0.15, 0.2) is 42.5 Å². The standard InChI is InChI=1S/C17H18ClNO3/c1-12-3-6-14(11-16(12)18)19-9-2-10-22-15-7-4-13(5-8-15)17(20)21/h3-8,11,19H,2,9-10H2,1H3,(H,20,21). The number of aryl methyl sites for hydroxylation is 1. The van der Waals surface area contributed by atoms with E-state index in [1.165, 1.54) is 12.1 Å². The van der Waals surface area contributed by atoms with Crippen LogP contribution in [0.5, 0.6) is 5.75 Å². The van der Waals surface area contributed by atoms with Gasteiger partial charge in [0.2, 0.25) is 0 Å². The van der Waals surface area contributed by atoms with Crippen molar-refractivity contribution in [2.24, 2.45) is 0 Å². The Kier molecular flexibility index (Phi) is 5.67. The summed E-state index contributed by atoms with van der Waals surface area (Å²) in [6.45, 7) is 3.29. The second kappa shape index (κ2) is 7.71. The molecule has 22 heavy (non-hydrogen) atoms.